The average molecular weight is 522 g/mol. The van der Waals surface area contributed by atoms with Crippen molar-refractivity contribution in [3.8, 4) is 0 Å². The third kappa shape index (κ3) is 13.1. The van der Waals surface area contributed by atoms with Gasteiger partial charge in [-0.25, -0.2) is 0 Å². The number of rotatable bonds is 15. The fourth-order valence-corrected chi connectivity index (χ4v) is 5.96. The van der Waals surface area contributed by atoms with Crippen LogP contribution in [0.5, 0.6) is 0 Å². The molecule has 3 aliphatic rings. The number of hydrogen-bond donors (Lipinski definition) is 0. The standard InChI is InChI=1S/C30H51NO6/c32-28(35-25-13-4-1-5-14-25)19-10-22-31(23-11-20-29(33)36-26-15-6-2-7-16-26)24-12-21-30(34)37-27-17-8-3-9-18-27/h25-27H,1-24H2. The number of nitrogens with zero attached hydrogens (tertiary/aromatic N) is 1. The van der Waals surface area contributed by atoms with E-state index in [1.807, 2.05) is 0 Å². The van der Waals surface area contributed by atoms with Crippen molar-refractivity contribution in [2.24, 2.45) is 0 Å². The molecule has 3 aliphatic carbocycles. The Morgan fingerprint density at radius 1 is 0.459 bits per heavy atom. The smallest absolute Gasteiger partial charge is 0.306 e. The Balaban J connectivity index is 1.35. The van der Waals surface area contributed by atoms with Gasteiger partial charge < -0.3 is 19.1 Å². The van der Waals surface area contributed by atoms with Gasteiger partial charge in [-0.15, -0.1) is 0 Å². The highest BCUT2D eigenvalue weighted by Gasteiger charge is 2.20. The summed E-state index contributed by atoms with van der Waals surface area (Å²) < 4.78 is 17.0. The van der Waals surface area contributed by atoms with Crippen LogP contribution in [0.4, 0.5) is 0 Å². The minimum absolute atomic E-state index is 0.0982. The van der Waals surface area contributed by atoms with E-state index < -0.39 is 0 Å². The highest BCUT2D eigenvalue weighted by molar-refractivity contribution is 5.70. The molecule has 3 saturated carbocycles. The molecular weight excluding hydrogens is 470 g/mol. The van der Waals surface area contributed by atoms with Crippen LogP contribution in [-0.4, -0.2) is 60.8 Å². The summed E-state index contributed by atoms with van der Waals surface area (Å²) in [5.74, 6) is -0.295. The Labute approximate surface area is 224 Å². The summed E-state index contributed by atoms with van der Waals surface area (Å²) in [5, 5.41) is 0. The molecule has 3 fully saturated rings. The minimum atomic E-state index is -0.0982. The molecule has 7 nitrogen and oxygen atoms in total. The van der Waals surface area contributed by atoms with E-state index in [-0.39, 0.29) is 36.2 Å². The van der Waals surface area contributed by atoms with E-state index in [1.165, 1.54) is 19.3 Å². The van der Waals surface area contributed by atoms with E-state index in [4.69, 9.17) is 14.2 Å². The van der Waals surface area contributed by atoms with E-state index >= 15 is 0 Å². The van der Waals surface area contributed by atoms with Crippen molar-refractivity contribution in [1.29, 1.82) is 0 Å². The highest BCUT2D eigenvalue weighted by Crippen LogP contribution is 2.23. The van der Waals surface area contributed by atoms with Crippen LogP contribution in [-0.2, 0) is 28.6 Å². The molecule has 0 amide bonds. The summed E-state index contributed by atoms with van der Waals surface area (Å²) in [6.07, 6.45) is 20.3. The lowest BCUT2D eigenvalue weighted by Crippen LogP contribution is -2.30. The van der Waals surface area contributed by atoms with Gasteiger partial charge in [0.25, 0.3) is 0 Å². The maximum Gasteiger partial charge on any atom is 0.306 e. The van der Waals surface area contributed by atoms with Crippen molar-refractivity contribution in [2.75, 3.05) is 19.6 Å². The van der Waals surface area contributed by atoms with Crippen LogP contribution in [0.15, 0.2) is 0 Å². The van der Waals surface area contributed by atoms with Crippen LogP contribution in [0.2, 0.25) is 0 Å². The van der Waals surface area contributed by atoms with Crippen LogP contribution in [0.3, 0.4) is 0 Å². The van der Waals surface area contributed by atoms with Gasteiger partial charge in [-0.1, -0.05) is 19.3 Å². The fraction of sp³-hybridized carbons (Fsp3) is 0.900. The molecule has 0 aromatic heterocycles. The van der Waals surface area contributed by atoms with E-state index in [9.17, 15) is 14.4 Å². The summed E-state index contributed by atoms with van der Waals surface area (Å²) in [7, 11) is 0. The minimum Gasteiger partial charge on any atom is -0.462 e. The molecule has 0 atom stereocenters. The first-order valence-electron chi connectivity index (χ1n) is 15.4. The van der Waals surface area contributed by atoms with Gasteiger partial charge >= 0.3 is 17.9 Å². The Morgan fingerprint density at radius 3 is 1.00 bits per heavy atom. The second-order valence-electron chi connectivity index (χ2n) is 11.4. The van der Waals surface area contributed by atoms with Gasteiger partial charge in [0.15, 0.2) is 0 Å². The molecule has 0 aliphatic heterocycles. The Hall–Kier alpha value is -1.63. The normalized spacial score (nSPS) is 20.0. The van der Waals surface area contributed by atoms with Crippen molar-refractivity contribution >= 4 is 17.9 Å². The second kappa shape index (κ2) is 17.8. The van der Waals surface area contributed by atoms with Crippen LogP contribution >= 0.6 is 0 Å². The van der Waals surface area contributed by atoms with Crippen LogP contribution in [0.1, 0.15) is 135 Å². The predicted molar refractivity (Wildman–Crippen MR) is 143 cm³/mol. The number of ether oxygens (including phenoxy) is 3. The predicted octanol–water partition coefficient (Wildman–Crippen LogP) is 6.26. The van der Waals surface area contributed by atoms with E-state index in [0.717, 1.165) is 116 Å². The Morgan fingerprint density at radius 2 is 0.730 bits per heavy atom. The largest absolute Gasteiger partial charge is 0.462 e. The lowest BCUT2D eigenvalue weighted by atomic mass is 9.98. The van der Waals surface area contributed by atoms with Gasteiger partial charge in [0.05, 0.1) is 0 Å². The third-order valence-corrected chi connectivity index (χ3v) is 8.12. The first kappa shape index (κ1) is 29.9. The maximum atomic E-state index is 12.3. The molecule has 0 radical (unpaired) electrons. The molecule has 0 unspecified atom stereocenters. The summed E-state index contributed by atoms with van der Waals surface area (Å²) >= 11 is 0. The zero-order valence-corrected chi connectivity index (χ0v) is 23.1. The molecule has 7 heteroatoms. The third-order valence-electron chi connectivity index (χ3n) is 8.12. The summed E-state index contributed by atoms with van der Waals surface area (Å²) in [4.78, 5) is 39.2. The topological polar surface area (TPSA) is 82.1 Å². The van der Waals surface area contributed by atoms with Crippen molar-refractivity contribution in [1.82, 2.24) is 4.90 Å². The average Bonchev–Trinajstić information content (AvgIpc) is 2.90. The molecule has 0 saturated heterocycles. The Bertz CT molecular complexity index is 575. The summed E-state index contributed by atoms with van der Waals surface area (Å²) in [6.45, 7) is 2.28. The van der Waals surface area contributed by atoms with Crippen LogP contribution < -0.4 is 0 Å². The number of esters is 3. The van der Waals surface area contributed by atoms with Crippen molar-refractivity contribution in [3.63, 3.8) is 0 Å². The number of hydrogen-bond acceptors (Lipinski definition) is 7. The van der Waals surface area contributed by atoms with Gasteiger partial charge in [0, 0.05) is 19.3 Å². The molecule has 212 valence electrons. The van der Waals surface area contributed by atoms with E-state index in [1.54, 1.807) is 0 Å². The molecule has 0 heterocycles. The summed E-state index contributed by atoms with van der Waals surface area (Å²) in [5.41, 5.74) is 0. The molecule has 0 N–H and O–H groups in total. The van der Waals surface area contributed by atoms with E-state index in [2.05, 4.69) is 4.90 Å². The molecule has 0 spiro atoms. The molecular formula is C30H51NO6. The highest BCUT2D eigenvalue weighted by atomic mass is 16.6. The fourth-order valence-electron chi connectivity index (χ4n) is 5.96. The van der Waals surface area contributed by atoms with Gasteiger partial charge in [0.2, 0.25) is 0 Å². The molecule has 0 bridgehead atoms. The monoisotopic (exact) mass is 521 g/mol. The first-order valence-corrected chi connectivity index (χ1v) is 15.4. The lowest BCUT2D eigenvalue weighted by molar-refractivity contribution is -0.151. The van der Waals surface area contributed by atoms with Gasteiger partial charge in [-0.2, -0.15) is 0 Å². The zero-order valence-electron chi connectivity index (χ0n) is 23.1. The van der Waals surface area contributed by atoms with Crippen LogP contribution in [0.25, 0.3) is 0 Å². The first-order chi connectivity index (χ1) is 18.1. The molecule has 3 rings (SSSR count). The van der Waals surface area contributed by atoms with Crippen LogP contribution in [0, 0.1) is 0 Å². The number of carbonyl (C=O) groups is 3. The van der Waals surface area contributed by atoms with E-state index in [0.29, 0.717) is 19.3 Å². The SMILES string of the molecule is O=C(CCCN(CCCC(=O)OC1CCCCC1)CCCC(=O)OC1CCCCC1)OC1CCCCC1. The van der Waals surface area contributed by atoms with Gasteiger partial charge in [-0.05, 0) is 116 Å². The van der Waals surface area contributed by atoms with Gasteiger partial charge in [0.1, 0.15) is 18.3 Å². The molecule has 0 aromatic rings. The van der Waals surface area contributed by atoms with Crippen molar-refractivity contribution in [2.45, 2.75) is 153 Å². The Kier molecular flexibility index (Phi) is 14.4. The quantitative estimate of drug-likeness (QED) is 0.186. The maximum absolute atomic E-state index is 12.3. The number of carbonyl (C=O) groups excluding carboxylic acids is 3. The second-order valence-corrected chi connectivity index (χ2v) is 11.4. The summed E-state index contributed by atoms with van der Waals surface area (Å²) in [6, 6.07) is 0. The van der Waals surface area contributed by atoms with Gasteiger partial charge in [-0.3, -0.25) is 14.4 Å². The van der Waals surface area contributed by atoms with Crippen molar-refractivity contribution < 1.29 is 28.6 Å². The molecule has 37 heavy (non-hydrogen) atoms. The molecule has 0 aromatic carbocycles. The zero-order chi connectivity index (χ0) is 26.1. The lowest BCUT2D eigenvalue weighted by Gasteiger charge is -2.24. The van der Waals surface area contributed by atoms with Crippen molar-refractivity contribution in [3.05, 3.63) is 0 Å².